The summed E-state index contributed by atoms with van der Waals surface area (Å²) in [6.07, 6.45) is -0.867. The smallest absolute Gasteiger partial charge is 0.314 e. The molecule has 104 valence electrons. The van der Waals surface area contributed by atoms with Crippen LogP contribution >= 0.6 is 0 Å². The van der Waals surface area contributed by atoms with Crippen LogP contribution in [0.1, 0.15) is 38.4 Å². The summed E-state index contributed by atoms with van der Waals surface area (Å²) in [4.78, 5) is 3.99. The Balaban J connectivity index is 1.98. The fourth-order valence-electron chi connectivity index (χ4n) is 1.67. The summed E-state index contributed by atoms with van der Waals surface area (Å²) in [6.45, 7) is 2.68. The molecular weight excluding hydrogens is 245 g/mol. The van der Waals surface area contributed by atoms with Crippen molar-refractivity contribution in [3.8, 4) is 0 Å². The molecule has 18 heavy (non-hydrogen) atoms. The van der Waals surface area contributed by atoms with Crippen LogP contribution in [-0.4, -0.2) is 33.9 Å². The topological polar surface area (TPSA) is 53.6 Å². The molecule has 1 atom stereocenters. The van der Waals surface area contributed by atoms with E-state index in [2.05, 4.69) is 20.5 Å². The Morgan fingerprint density at radius 2 is 2.17 bits per heavy atom. The largest absolute Gasteiger partial charge is 0.389 e. The number of alkyl halides is 3. The van der Waals surface area contributed by atoms with Gasteiger partial charge in [-0.3, -0.25) is 5.10 Å². The Labute approximate surface area is 104 Å². The van der Waals surface area contributed by atoms with Crippen molar-refractivity contribution < 1.29 is 13.2 Å². The van der Waals surface area contributed by atoms with Crippen LogP contribution in [-0.2, 0) is 6.42 Å². The molecule has 1 heterocycles. The van der Waals surface area contributed by atoms with Crippen molar-refractivity contribution in [2.75, 3.05) is 6.54 Å². The molecule has 7 heteroatoms. The first-order valence-corrected chi connectivity index (χ1v) is 6.12. The van der Waals surface area contributed by atoms with Gasteiger partial charge in [-0.05, 0) is 32.7 Å². The molecular formula is C11H19F3N4. The first kappa shape index (κ1) is 14.9. The molecule has 1 aromatic heterocycles. The first-order chi connectivity index (χ1) is 8.47. The zero-order valence-electron chi connectivity index (χ0n) is 10.4. The highest BCUT2D eigenvalue weighted by atomic mass is 19.4. The summed E-state index contributed by atoms with van der Waals surface area (Å²) < 4.78 is 35.8. The van der Waals surface area contributed by atoms with Crippen molar-refractivity contribution in [1.29, 1.82) is 0 Å². The van der Waals surface area contributed by atoms with Gasteiger partial charge in [-0.15, -0.1) is 0 Å². The van der Waals surface area contributed by atoms with Gasteiger partial charge in [-0.2, -0.15) is 18.3 Å². The van der Waals surface area contributed by atoms with Crippen molar-refractivity contribution in [3.63, 3.8) is 0 Å². The van der Waals surface area contributed by atoms with Crippen LogP contribution in [0, 0.1) is 0 Å². The van der Waals surface area contributed by atoms with Gasteiger partial charge in [0, 0.05) is 18.9 Å². The Bertz CT molecular complexity index is 311. The van der Waals surface area contributed by atoms with E-state index in [1.54, 1.807) is 0 Å². The van der Waals surface area contributed by atoms with Crippen LogP contribution < -0.4 is 5.32 Å². The Hall–Kier alpha value is -1.11. The molecule has 0 bridgehead atoms. The number of aryl methyl sites for hydroxylation is 1. The molecule has 4 nitrogen and oxygen atoms in total. The quantitative estimate of drug-likeness (QED) is 0.709. The van der Waals surface area contributed by atoms with Gasteiger partial charge in [0.05, 0.1) is 0 Å². The van der Waals surface area contributed by atoms with Crippen molar-refractivity contribution in [3.05, 3.63) is 12.2 Å². The van der Waals surface area contributed by atoms with E-state index in [-0.39, 0.29) is 12.5 Å². The van der Waals surface area contributed by atoms with Crippen LogP contribution in [0.2, 0.25) is 0 Å². The fraction of sp³-hybridized carbons (Fsp3) is 0.818. The summed E-state index contributed by atoms with van der Waals surface area (Å²) in [7, 11) is 0. The molecule has 0 saturated carbocycles. The maximum atomic E-state index is 11.9. The van der Waals surface area contributed by atoms with Crippen LogP contribution in [0.25, 0.3) is 0 Å². The molecule has 0 saturated heterocycles. The number of hydrogen-bond acceptors (Lipinski definition) is 3. The Kier molecular flexibility index (Phi) is 6.11. The van der Waals surface area contributed by atoms with Crippen molar-refractivity contribution in [1.82, 2.24) is 20.5 Å². The number of nitrogens with one attached hydrogen (secondary N) is 2. The highest BCUT2D eigenvalue weighted by Gasteiger charge is 2.26. The highest BCUT2D eigenvalue weighted by molar-refractivity contribution is 4.79. The van der Waals surface area contributed by atoms with E-state index >= 15 is 0 Å². The molecule has 0 fully saturated rings. The van der Waals surface area contributed by atoms with Crippen molar-refractivity contribution in [2.45, 2.75) is 51.2 Å². The number of halogens is 3. The lowest BCUT2D eigenvalue weighted by Crippen LogP contribution is -2.27. The summed E-state index contributed by atoms with van der Waals surface area (Å²) in [5, 5.41) is 9.70. The molecule has 0 aromatic carbocycles. The zero-order chi connectivity index (χ0) is 13.4. The minimum absolute atomic E-state index is 0.113. The van der Waals surface area contributed by atoms with Gasteiger partial charge in [0.2, 0.25) is 0 Å². The van der Waals surface area contributed by atoms with E-state index in [0.29, 0.717) is 6.42 Å². The predicted molar refractivity (Wildman–Crippen MR) is 62.1 cm³/mol. The lowest BCUT2D eigenvalue weighted by molar-refractivity contribution is -0.135. The summed E-state index contributed by atoms with van der Waals surface area (Å²) >= 11 is 0. The molecule has 0 aliphatic rings. The molecule has 0 amide bonds. The third-order valence-corrected chi connectivity index (χ3v) is 2.65. The second kappa shape index (κ2) is 7.35. The monoisotopic (exact) mass is 264 g/mol. The van der Waals surface area contributed by atoms with Gasteiger partial charge in [0.1, 0.15) is 12.2 Å². The lowest BCUT2D eigenvalue weighted by Gasteiger charge is -2.14. The molecule has 1 unspecified atom stereocenters. The van der Waals surface area contributed by atoms with E-state index in [1.807, 2.05) is 6.92 Å². The Morgan fingerprint density at radius 3 is 2.78 bits per heavy atom. The van der Waals surface area contributed by atoms with E-state index in [0.717, 1.165) is 25.2 Å². The van der Waals surface area contributed by atoms with Gasteiger partial charge >= 0.3 is 6.18 Å². The third kappa shape index (κ3) is 7.26. The summed E-state index contributed by atoms with van der Waals surface area (Å²) in [5.41, 5.74) is 0. The standard InChI is InChI=1S/C11H19F3N4/c1-9(4-2-6-11(12,13)14)15-7-3-5-10-16-8-17-18-10/h8-9,15H,2-7H2,1H3,(H,16,17,18). The van der Waals surface area contributed by atoms with Crippen LogP contribution in [0.3, 0.4) is 0 Å². The minimum atomic E-state index is -4.04. The summed E-state index contributed by atoms with van der Waals surface area (Å²) in [6, 6.07) is 0.113. The summed E-state index contributed by atoms with van der Waals surface area (Å²) in [5.74, 6) is 0.835. The SMILES string of the molecule is CC(CCCC(F)(F)F)NCCCc1ncn[nH]1. The molecule has 2 N–H and O–H groups in total. The predicted octanol–water partition coefficient (Wildman–Crippen LogP) is 2.45. The van der Waals surface area contributed by atoms with E-state index in [4.69, 9.17) is 0 Å². The minimum Gasteiger partial charge on any atom is -0.314 e. The average molecular weight is 264 g/mol. The number of H-pyrrole nitrogens is 1. The number of rotatable bonds is 8. The van der Waals surface area contributed by atoms with Crippen LogP contribution in [0.5, 0.6) is 0 Å². The van der Waals surface area contributed by atoms with E-state index in [9.17, 15) is 13.2 Å². The van der Waals surface area contributed by atoms with Gasteiger partial charge in [-0.25, -0.2) is 4.98 Å². The van der Waals surface area contributed by atoms with Crippen LogP contribution in [0.15, 0.2) is 6.33 Å². The molecule has 0 aliphatic carbocycles. The number of aromatic amines is 1. The second-order valence-corrected chi connectivity index (χ2v) is 4.40. The maximum Gasteiger partial charge on any atom is 0.389 e. The van der Waals surface area contributed by atoms with Crippen LogP contribution in [0.4, 0.5) is 13.2 Å². The first-order valence-electron chi connectivity index (χ1n) is 6.12. The van der Waals surface area contributed by atoms with Gasteiger partial charge in [0.15, 0.2) is 0 Å². The third-order valence-electron chi connectivity index (χ3n) is 2.65. The molecule has 0 radical (unpaired) electrons. The number of hydrogen-bond donors (Lipinski definition) is 2. The Morgan fingerprint density at radius 1 is 1.39 bits per heavy atom. The zero-order valence-corrected chi connectivity index (χ0v) is 10.4. The lowest BCUT2D eigenvalue weighted by atomic mass is 10.1. The van der Waals surface area contributed by atoms with E-state index < -0.39 is 12.6 Å². The highest BCUT2D eigenvalue weighted by Crippen LogP contribution is 2.22. The van der Waals surface area contributed by atoms with Gasteiger partial charge in [-0.1, -0.05) is 0 Å². The van der Waals surface area contributed by atoms with Crippen molar-refractivity contribution >= 4 is 0 Å². The maximum absolute atomic E-state index is 11.9. The molecule has 1 aromatic rings. The van der Waals surface area contributed by atoms with Gasteiger partial charge in [0.25, 0.3) is 0 Å². The van der Waals surface area contributed by atoms with Gasteiger partial charge < -0.3 is 5.32 Å². The molecule has 1 rings (SSSR count). The molecule has 0 spiro atoms. The normalized spacial score (nSPS) is 13.8. The van der Waals surface area contributed by atoms with Crippen molar-refractivity contribution in [2.24, 2.45) is 0 Å². The fourth-order valence-corrected chi connectivity index (χ4v) is 1.67. The number of nitrogens with zero attached hydrogens (tertiary/aromatic N) is 2. The average Bonchev–Trinajstić information content (AvgIpc) is 2.75. The molecule has 0 aliphatic heterocycles. The van der Waals surface area contributed by atoms with E-state index in [1.165, 1.54) is 6.33 Å². The number of aromatic nitrogens is 3. The second-order valence-electron chi connectivity index (χ2n) is 4.40.